The van der Waals surface area contributed by atoms with Gasteiger partial charge >= 0.3 is 0 Å². The summed E-state index contributed by atoms with van der Waals surface area (Å²) in [6.07, 6.45) is 15.5. The van der Waals surface area contributed by atoms with E-state index in [0.717, 1.165) is 6.29 Å². The molecular formula is C13H14N6O. The Balaban J connectivity index is 1.87. The Labute approximate surface area is 115 Å². The Morgan fingerprint density at radius 2 is 1.85 bits per heavy atom. The number of hydrogen-bond donors (Lipinski definition) is 0. The van der Waals surface area contributed by atoms with Gasteiger partial charge in [0, 0.05) is 11.6 Å². The lowest BCUT2D eigenvalue weighted by Gasteiger charge is -2.29. The van der Waals surface area contributed by atoms with Crippen LogP contribution in [0.3, 0.4) is 0 Å². The van der Waals surface area contributed by atoms with Crippen molar-refractivity contribution >= 4 is 6.29 Å². The van der Waals surface area contributed by atoms with Crippen molar-refractivity contribution in [2.75, 3.05) is 0 Å². The quantitative estimate of drug-likeness (QED) is 0.584. The van der Waals surface area contributed by atoms with E-state index < -0.39 is 0 Å². The monoisotopic (exact) mass is 270 g/mol. The zero-order chi connectivity index (χ0) is 13.8. The molecule has 0 unspecified atom stereocenters. The number of aldehydes is 1. The van der Waals surface area contributed by atoms with Gasteiger partial charge in [0.25, 0.3) is 0 Å². The van der Waals surface area contributed by atoms with E-state index in [9.17, 15) is 4.79 Å². The average molecular weight is 270 g/mol. The highest BCUT2D eigenvalue weighted by molar-refractivity contribution is 5.60. The third-order valence-electron chi connectivity index (χ3n) is 3.29. The van der Waals surface area contributed by atoms with E-state index in [1.165, 1.54) is 0 Å². The van der Waals surface area contributed by atoms with Crippen molar-refractivity contribution in [2.45, 2.75) is 13.1 Å². The van der Waals surface area contributed by atoms with Crippen molar-refractivity contribution in [2.24, 2.45) is 11.3 Å². The summed E-state index contributed by atoms with van der Waals surface area (Å²) in [5.74, 6) is -0.163. The van der Waals surface area contributed by atoms with Crippen molar-refractivity contribution in [1.29, 1.82) is 0 Å². The molecule has 1 aliphatic carbocycles. The Morgan fingerprint density at radius 3 is 2.45 bits per heavy atom. The number of allylic oxidation sites excluding steroid dienone is 4. The molecule has 0 radical (unpaired) electrons. The first-order chi connectivity index (χ1) is 9.80. The summed E-state index contributed by atoms with van der Waals surface area (Å²) in [6, 6.07) is 0. The first-order valence-electron chi connectivity index (χ1n) is 6.32. The van der Waals surface area contributed by atoms with Gasteiger partial charge in [0.15, 0.2) is 0 Å². The fraction of sp³-hybridized carbons (Fsp3) is 0.308. The van der Waals surface area contributed by atoms with Crippen LogP contribution in [0.2, 0.25) is 0 Å². The van der Waals surface area contributed by atoms with Gasteiger partial charge in [-0.05, 0) is 0 Å². The van der Waals surface area contributed by atoms with Crippen molar-refractivity contribution in [3.63, 3.8) is 0 Å². The Morgan fingerprint density at radius 1 is 1.10 bits per heavy atom. The lowest BCUT2D eigenvalue weighted by atomic mass is 9.81. The van der Waals surface area contributed by atoms with E-state index in [0.29, 0.717) is 13.1 Å². The third kappa shape index (κ3) is 2.56. The molecule has 1 aliphatic rings. The van der Waals surface area contributed by atoms with Gasteiger partial charge in [-0.2, -0.15) is 15.0 Å². The molecule has 2 heterocycles. The molecule has 0 aliphatic heterocycles. The van der Waals surface area contributed by atoms with Crippen LogP contribution in [0.1, 0.15) is 0 Å². The summed E-state index contributed by atoms with van der Waals surface area (Å²) in [6.45, 7) is 1.20. The molecule has 0 saturated carbocycles. The molecule has 0 N–H and O–H groups in total. The van der Waals surface area contributed by atoms with E-state index in [-0.39, 0.29) is 11.3 Å². The highest BCUT2D eigenvalue weighted by Crippen LogP contribution is 2.30. The molecule has 0 atom stereocenters. The molecule has 7 heteroatoms. The molecule has 0 spiro atoms. The highest BCUT2D eigenvalue weighted by atomic mass is 16.1. The van der Waals surface area contributed by atoms with Crippen LogP contribution in [0.4, 0.5) is 0 Å². The summed E-state index contributed by atoms with van der Waals surface area (Å²) in [5.41, 5.74) is -0.313. The highest BCUT2D eigenvalue weighted by Gasteiger charge is 2.29. The van der Waals surface area contributed by atoms with Crippen LogP contribution in [-0.2, 0) is 17.9 Å². The average Bonchev–Trinajstić information content (AvgIpc) is 3.13. The summed E-state index contributed by atoms with van der Waals surface area (Å²) in [5, 5.41) is 16.1. The summed E-state index contributed by atoms with van der Waals surface area (Å²) in [4.78, 5) is 12.5. The minimum Gasteiger partial charge on any atom is -0.302 e. The number of hydrogen-bond acceptors (Lipinski definition) is 5. The Hall–Kier alpha value is -2.57. The maximum absolute atomic E-state index is 10.8. The largest absolute Gasteiger partial charge is 0.302 e. The summed E-state index contributed by atoms with van der Waals surface area (Å²) >= 11 is 0. The van der Waals surface area contributed by atoms with Crippen molar-refractivity contribution < 1.29 is 4.79 Å². The predicted molar refractivity (Wildman–Crippen MR) is 70.3 cm³/mol. The molecule has 0 fully saturated rings. The SMILES string of the molecule is O=CC1C=CC(Cn2ccnn2)(Cn2nccn2)C=C1. The molecule has 7 nitrogen and oxygen atoms in total. The minimum atomic E-state index is -0.313. The zero-order valence-electron chi connectivity index (χ0n) is 10.8. The van der Waals surface area contributed by atoms with E-state index in [2.05, 4.69) is 20.5 Å². The number of nitrogens with zero attached hydrogens (tertiary/aromatic N) is 6. The van der Waals surface area contributed by atoms with Crippen LogP contribution in [0.15, 0.2) is 49.1 Å². The van der Waals surface area contributed by atoms with Crippen molar-refractivity contribution in [3.8, 4) is 0 Å². The molecule has 0 aromatic carbocycles. The van der Waals surface area contributed by atoms with Gasteiger partial charge in [-0.25, -0.2) is 0 Å². The number of rotatable bonds is 5. The fourth-order valence-electron chi connectivity index (χ4n) is 2.28. The molecule has 20 heavy (non-hydrogen) atoms. The van der Waals surface area contributed by atoms with Gasteiger partial charge in [0.2, 0.25) is 0 Å². The molecule has 0 saturated heterocycles. The summed E-state index contributed by atoms with van der Waals surface area (Å²) in [7, 11) is 0. The Kier molecular flexibility index (Phi) is 3.24. The van der Waals surface area contributed by atoms with Crippen LogP contribution in [-0.4, -0.2) is 36.3 Å². The van der Waals surface area contributed by atoms with Gasteiger partial charge in [-0.1, -0.05) is 29.5 Å². The first-order valence-corrected chi connectivity index (χ1v) is 6.32. The van der Waals surface area contributed by atoms with Crippen LogP contribution in [0, 0.1) is 11.3 Å². The van der Waals surface area contributed by atoms with E-state index >= 15 is 0 Å². The first kappa shape index (κ1) is 12.5. The van der Waals surface area contributed by atoms with Gasteiger partial charge in [0.1, 0.15) is 6.29 Å². The second-order valence-electron chi connectivity index (χ2n) is 4.82. The molecule has 0 amide bonds. The van der Waals surface area contributed by atoms with Crippen LogP contribution >= 0.6 is 0 Å². The maximum Gasteiger partial charge on any atom is 0.130 e. The molecule has 0 bridgehead atoms. The van der Waals surface area contributed by atoms with E-state index in [1.54, 1.807) is 28.1 Å². The van der Waals surface area contributed by atoms with Crippen LogP contribution in [0.5, 0.6) is 0 Å². The van der Waals surface area contributed by atoms with Gasteiger partial charge in [-0.15, -0.1) is 5.10 Å². The van der Waals surface area contributed by atoms with Gasteiger partial charge < -0.3 is 4.79 Å². The van der Waals surface area contributed by atoms with Gasteiger partial charge in [-0.3, -0.25) is 4.68 Å². The minimum absolute atomic E-state index is 0.163. The van der Waals surface area contributed by atoms with Crippen molar-refractivity contribution in [3.05, 3.63) is 49.1 Å². The standard InChI is InChI=1S/C13H14N6O/c20-9-12-1-3-13(4-2-12,10-18-8-7-14-17-18)11-19-15-5-6-16-19/h1-9,12H,10-11H2. The smallest absolute Gasteiger partial charge is 0.130 e. The number of aromatic nitrogens is 6. The molecule has 2 aromatic rings. The third-order valence-corrected chi connectivity index (χ3v) is 3.29. The van der Waals surface area contributed by atoms with E-state index in [4.69, 9.17) is 0 Å². The molecule has 3 rings (SSSR count). The topological polar surface area (TPSA) is 78.5 Å². The maximum atomic E-state index is 10.8. The number of carbonyl (C=O) groups excluding carboxylic acids is 1. The fourth-order valence-corrected chi connectivity index (χ4v) is 2.28. The van der Waals surface area contributed by atoms with E-state index in [1.807, 2.05) is 30.5 Å². The lowest BCUT2D eigenvalue weighted by Crippen LogP contribution is -2.31. The Bertz CT molecular complexity index is 561. The van der Waals surface area contributed by atoms with Gasteiger partial charge in [0.05, 0.1) is 37.6 Å². The molecule has 102 valence electrons. The lowest BCUT2D eigenvalue weighted by molar-refractivity contribution is -0.109. The number of carbonyl (C=O) groups is 1. The second kappa shape index (κ2) is 5.20. The second-order valence-corrected chi connectivity index (χ2v) is 4.82. The van der Waals surface area contributed by atoms with Crippen LogP contribution < -0.4 is 0 Å². The normalized spacial score (nSPS) is 24.9. The zero-order valence-corrected chi connectivity index (χ0v) is 10.8. The molecule has 2 aromatic heterocycles. The predicted octanol–water partition coefficient (Wildman–Crippen LogP) is 0.497. The van der Waals surface area contributed by atoms with Crippen LogP contribution in [0.25, 0.3) is 0 Å². The summed E-state index contributed by atoms with van der Waals surface area (Å²) < 4.78 is 1.76. The molecular weight excluding hydrogens is 256 g/mol. The van der Waals surface area contributed by atoms with Crippen molar-refractivity contribution in [1.82, 2.24) is 30.0 Å².